The summed E-state index contributed by atoms with van der Waals surface area (Å²) >= 11 is 1.37. The Balaban J connectivity index is 1.87. The van der Waals surface area contributed by atoms with E-state index >= 15 is 0 Å². The number of anilines is 1. The minimum absolute atomic E-state index is 0.0679. The van der Waals surface area contributed by atoms with Gasteiger partial charge >= 0.3 is 0 Å². The van der Waals surface area contributed by atoms with Gasteiger partial charge < -0.3 is 10.2 Å². The number of hydrogen-bond acceptors (Lipinski definition) is 3. The van der Waals surface area contributed by atoms with Crippen molar-refractivity contribution in [1.82, 2.24) is 0 Å². The Labute approximate surface area is 135 Å². The van der Waals surface area contributed by atoms with E-state index < -0.39 is 0 Å². The van der Waals surface area contributed by atoms with E-state index in [2.05, 4.69) is 42.6 Å². The van der Waals surface area contributed by atoms with Crippen molar-refractivity contribution in [2.24, 2.45) is 0 Å². The van der Waals surface area contributed by atoms with Gasteiger partial charge in [0.1, 0.15) is 17.6 Å². The fourth-order valence-electron chi connectivity index (χ4n) is 2.24. The molecule has 1 amide bonds. The lowest BCUT2D eigenvalue weighted by Gasteiger charge is -2.14. The van der Waals surface area contributed by atoms with Gasteiger partial charge in [-0.2, -0.15) is 5.26 Å². The number of quaternary nitrogens is 1. The number of benzene rings is 1. The number of carbonyl (C=O) groups excluding carboxylic acids is 1. The van der Waals surface area contributed by atoms with Crippen molar-refractivity contribution in [2.75, 3.05) is 18.9 Å². The molecular weight excluding hydrogens is 294 g/mol. The van der Waals surface area contributed by atoms with Gasteiger partial charge in [0.2, 0.25) is 0 Å². The second-order valence-corrected chi connectivity index (χ2v) is 6.22. The van der Waals surface area contributed by atoms with Gasteiger partial charge in [0, 0.05) is 5.56 Å². The maximum Gasteiger partial charge on any atom is 0.280 e. The normalized spacial score (nSPS) is 11.7. The third-order valence-electron chi connectivity index (χ3n) is 3.44. The van der Waals surface area contributed by atoms with E-state index in [0.29, 0.717) is 17.1 Å². The van der Waals surface area contributed by atoms with E-state index in [1.54, 1.807) is 11.4 Å². The van der Waals surface area contributed by atoms with Crippen LogP contribution in [0.3, 0.4) is 0 Å². The first-order valence-electron chi connectivity index (χ1n) is 7.29. The number of carbonyl (C=O) groups is 1. The Bertz CT molecular complexity index is 670. The van der Waals surface area contributed by atoms with Crippen LogP contribution in [0, 0.1) is 11.3 Å². The maximum atomic E-state index is 12.0. The maximum absolute atomic E-state index is 12.0. The monoisotopic (exact) mass is 314 g/mol. The van der Waals surface area contributed by atoms with E-state index in [1.807, 2.05) is 7.05 Å². The predicted molar refractivity (Wildman–Crippen MR) is 88.9 cm³/mol. The molecule has 0 radical (unpaired) electrons. The van der Waals surface area contributed by atoms with Gasteiger partial charge in [0.25, 0.3) is 5.91 Å². The highest BCUT2D eigenvalue weighted by atomic mass is 32.1. The Morgan fingerprint density at radius 2 is 1.95 bits per heavy atom. The van der Waals surface area contributed by atoms with Gasteiger partial charge in [0.15, 0.2) is 6.54 Å². The molecule has 1 atom stereocenters. The fourth-order valence-corrected chi connectivity index (χ4v) is 3.00. The van der Waals surface area contributed by atoms with E-state index in [0.717, 1.165) is 17.9 Å². The van der Waals surface area contributed by atoms with Crippen LogP contribution < -0.4 is 10.2 Å². The fraction of sp³-hybridized carbons (Fsp3) is 0.294. The molecule has 2 rings (SSSR count). The van der Waals surface area contributed by atoms with E-state index in [4.69, 9.17) is 5.26 Å². The predicted octanol–water partition coefficient (Wildman–Crippen LogP) is 1.84. The zero-order valence-electron chi connectivity index (χ0n) is 12.8. The number of hydrogen-bond donors (Lipinski definition) is 2. The number of amides is 1. The van der Waals surface area contributed by atoms with Gasteiger partial charge in [0.05, 0.1) is 12.6 Å². The van der Waals surface area contributed by atoms with Crippen LogP contribution in [0.1, 0.15) is 23.6 Å². The Morgan fingerprint density at radius 1 is 1.27 bits per heavy atom. The highest BCUT2D eigenvalue weighted by molar-refractivity contribution is 7.14. The summed E-state index contributed by atoms with van der Waals surface area (Å²) in [5.74, 6) is -0.0679. The van der Waals surface area contributed by atoms with Crippen molar-refractivity contribution in [2.45, 2.75) is 19.9 Å². The summed E-state index contributed by atoms with van der Waals surface area (Å²) in [5.41, 5.74) is 3.06. The molecule has 5 heteroatoms. The molecule has 0 saturated heterocycles. The van der Waals surface area contributed by atoms with Crippen molar-refractivity contribution in [3.05, 3.63) is 52.4 Å². The Kier molecular flexibility index (Phi) is 5.70. The van der Waals surface area contributed by atoms with E-state index in [-0.39, 0.29) is 5.91 Å². The molecule has 0 bridgehead atoms. The quantitative estimate of drug-likeness (QED) is 0.855. The topological polar surface area (TPSA) is 57.3 Å². The molecule has 0 aliphatic heterocycles. The first-order valence-corrected chi connectivity index (χ1v) is 8.17. The molecule has 0 aliphatic carbocycles. The first kappa shape index (κ1) is 16.2. The second kappa shape index (κ2) is 7.74. The van der Waals surface area contributed by atoms with Crippen molar-refractivity contribution < 1.29 is 9.69 Å². The van der Waals surface area contributed by atoms with Gasteiger partial charge in [-0.25, -0.2) is 0 Å². The number of nitriles is 1. The molecule has 4 nitrogen and oxygen atoms in total. The summed E-state index contributed by atoms with van der Waals surface area (Å²) in [7, 11) is 1.99. The molecule has 1 unspecified atom stereocenters. The molecule has 1 heterocycles. The largest absolute Gasteiger partial charge is 0.326 e. The van der Waals surface area contributed by atoms with Crippen LogP contribution in [0.15, 0.2) is 35.7 Å². The van der Waals surface area contributed by atoms with Crippen LogP contribution in [-0.4, -0.2) is 19.5 Å². The third-order valence-corrected chi connectivity index (χ3v) is 4.27. The first-order chi connectivity index (χ1) is 10.6. The van der Waals surface area contributed by atoms with Crippen molar-refractivity contribution in [3.8, 4) is 6.07 Å². The Hall–Kier alpha value is -2.16. The van der Waals surface area contributed by atoms with Crippen LogP contribution in [0.5, 0.6) is 0 Å². The van der Waals surface area contributed by atoms with Crippen LogP contribution >= 0.6 is 11.3 Å². The van der Waals surface area contributed by atoms with Crippen molar-refractivity contribution >= 4 is 22.2 Å². The summed E-state index contributed by atoms with van der Waals surface area (Å²) in [5, 5.41) is 14.2. The smallest absolute Gasteiger partial charge is 0.280 e. The molecule has 0 aliphatic rings. The summed E-state index contributed by atoms with van der Waals surface area (Å²) in [6, 6.07) is 12.3. The van der Waals surface area contributed by atoms with Crippen LogP contribution in [0.2, 0.25) is 0 Å². The molecule has 0 fully saturated rings. The van der Waals surface area contributed by atoms with E-state index in [9.17, 15) is 4.79 Å². The summed E-state index contributed by atoms with van der Waals surface area (Å²) in [6.07, 6.45) is 1.04. The number of rotatable bonds is 6. The van der Waals surface area contributed by atoms with Gasteiger partial charge in [-0.15, -0.1) is 11.3 Å². The summed E-state index contributed by atoms with van der Waals surface area (Å²) in [4.78, 5) is 13.2. The standard InChI is InChI=1S/C17H19N3OS/c1-3-13-4-6-14(7-5-13)11-20(2)12-16(21)19-17-15(10-18)8-9-22-17/h4-9H,3,11-12H2,1-2H3,(H,19,21)/p+1. The highest BCUT2D eigenvalue weighted by Gasteiger charge is 2.13. The number of nitrogens with one attached hydrogen (secondary N) is 2. The molecule has 2 aromatic rings. The zero-order chi connectivity index (χ0) is 15.9. The molecule has 1 aromatic carbocycles. The Morgan fingerprint density at radius 3 is 2.59 bits per heavy atom. The number of nitrogens with zero attached hydrogens (tertiary/aromatic N) is 1. The summed E-state index contributed by atoms with van der Waals surface area (Å²) in [6.45, 7) is 3.31. The number of thiophene rings is 1. The lowest BCUT2D eigenvalue weighted by molar-refractivity contribution is -0.885. The minimum atomic E-state index is -0.0679. The van der Waals surface area contributed by atoms with Crippen LogP contribution in [0.4, 0.5) is 5.00 Å². The average molecular weight is 314 g/mol. The van der Waals surface area contributed by atoms with Gasteiger partial charge in [-0.05, 0) is 23.4 Å². The van der Waals surface area contributed by atoms with E-state index in [1.165, 1.54) is 22.5 Å². The number of aryl methyl sites for hydroxylation is 1. The molecule has 114 valence electrons. The lowest BCUT2D eigenvalue weighted by Crippen LogP contribution is -3.08. The van der Waals surface area contributed by atoms with Crippen molar-refractivity contribution in [1.29, 1.82) is 5.26 Å². The third kappa shape index (κ3) is 4.42. The highest BCUT2D eigenvalue weighted by Crippen LogP contribution is 2.21. The van der Waals surface area contributed by atoms with Gasteiger partial charge in [-0.3, -0.25) is 4.79 Å². The molecule has 1 aromatic heterocycles. The van der Waals surface area contributed by atoms with Crippen LogP contribution in [-0.2, 0) is 17.8 Å². The average Bonchev–Trinajstić information content (AvgIpc) is 2.94. The molecule has 2 N–H and O–H groups in total. The summed E-state index contributed by atoms with van der Waals surface area (Å²) < 4.78 is 0. The molecule has 0 saturated carbocycles. The second-order valence-electron chi connectivity index (χ2n) is 5.30. The minimum Gasteiger partial charge on any atom is -0.326 e. The van der Waals surface area contributed by atoms with Crippen molar-refractivity contribution in [3.63, 3.8) is 0 Å². The zero-order valence-corrected chi connectivity index (χ0v) is 13.7. The molecular formula is C17H20N3OS+. The SMILES string of the molecule is CCc1ccc(C[NH+](C)CC(=O)Nc2sccc2C#N)cc1. The number of likely N-dealkylation sites (N-methyl/N-ethyl adjacent to an activating group) is 1. The lowest BCUT2D eigenvalue weighted by atomic mass is 10.1. The van der Waals surface area contributed by atoms with Crippen LogP contribution in [0.25, 0.3) is 0 Å². The van der Waals surface area contributed by atoms with Gasteiger partial charge in [-0.1, -0.05) is 31.2 Å². The molecule has 22 heavy (non-hydrogen) atoms. The molecule has 0 spiro atoms.